The maximum absolute atomic E-state index is 12.1. The molecule has 7 heteroatoms. The molecular formula is C17H24N4O2S. The average Bonchev–Trinajstić information content (AvgIpc) is 3.24. The molecular weight excluding hydrogens is 324 g/mol. The van der Waals surface area contributed by atoms with Crippen LogP contribution in [0.4, 0.5) is 0 Å². The third-order valence-corrected chi connectivity index (χ3v) is 5.14. The number of aromatic amines is 1. The zero-order chi connectivity index (χ0) is 16.8. The Labute approximate surface area is 146 Å². The van der Waals surface area contributed by atoms with Crippen LogP contribution in [0, 0.1) is 6.92 Å². The zero-order valence-corrected chi connectivity index (χ0v) is 14.8. The lowest BCUT2D eigenvalue weighted by molar-refractivity contribution is 0.0372. The standard InChI is InChI=1S/C17H24N4O2S/c1-13-4-5-16(24-13)14-12-15(20-19-14)17(22)18-6-2-3-7-21-8-10-23-11-9-21/h4-5,12H,2-3,6-11H2,1H3,(H,18,22)(H,19,20). The number of ether oxygens (including phenoxy) is 1. The van der Waals surface area contributed by atoms with E-state index in [-0.39, 0.29) is 5.91 Å². The van der Waals surface area contributed by atoms with Crippen LogP contribution >= 0.6 is 11.3 Å². The number of nitrogens with one attached hydrogen (secondary N) is 2. The summed E-state index contributed by atoms with van der Waals surface area (Å²) in [5.74, 6) is -0.114. The molecule has 2 aromatic rings. The van der Waals surface area contributed by atoms with Crippen LogP contribution in [-0.2, 0) is 4.74 Å². The lowest BCUT2D eigenvalue weighted by atomic mass is 10.2. The molecule has 2 aromatic heterocycles. The first-order valence-corrected chi connectivity index (χ1v) is 9.24. The van der Waals surface area contributed by atoms with E-state index in [1.807, 2.05) is 12.1 Å². The monoisotopic (exact) mass is 348 g/mol. The first kappa shape index (κ1) is 17.1. The second-order valence-electron chi connectivity index (χ2n) is 5.99. The summed E-state index contributed by atoms with van der Waals surface area (Å²) in [6.07, 6.45) is 2.06. The summed E-state index contributed by atoms with van der Waals surface area (Å²) in [6.45, 7) is 7.53. The molecule has 1 fully saturated rings. The number of hydrogen-bond donors (Lipinski definition) is 2. The van der Waals surface area contributed by atoms with Crippen molar-refractivity contribution in [3.05, 3.63) is 28.8 Å². The summed E-state index contributed by atoms with van der Waals surface area (Å²) in [5, 5.41) is 10.0. The van der Waals surface area contributed by atoms with Crippen molar-refractivity contribution in [1.82, 2.24) is 20.4 Å². The van der Waals surface area contributed by atoms with Crippen molar-refractivity contribution in [2.45, 2.75) is 19.8 Å². The topological polar surface area (TPSA) is 70.2 Å². The number of carbonyl (C=O) groups excluding carboxylic acids is 1. The van der Waals surface area contributed by atoms with Gasteiger partial charge in [0.05, 0.1) is 23.8 Å². The Morgan fingerprint density at radius 3 is 2.96 bits per heavy atom. The van der Waals surface area contributed by atoms with Crippen LogP contribution in [0.15, 0.2) is 18.2 Å². The molecule has 3 heterocycles. The average molecular weight is 348 g/mol. The molecule has 1 aliphatic heterocycles. The Bertz CT molecular complexity index is 661. The molecule has 130 valence electrons. The van der Waals surface area contributed by atoms with Crippen LogP contribution in [0.3, 0.4) is 0 Å². The van der Waals surface area contributed by atoms with Crippen molar-refractivity contribution >= 4 is 17.2 Å². The number of morpholine rings is 1. The molecule has 0 saturated carbocycles. The van der Waals surface area contributed by atoms with Gasteiger partial charge in [0.15, 0.2) is 5.69 Å². The fraction of sp³-hybridized carbons (Fsp3) is 0.529. The molecule has 0 spiro atoms. The molecule has 0 aliphatic carbocycles. The number of aryl methyl sites for hydroxylation is 1. The highest BCUT2D eigenvalue weighted by Crippen LogP contribution is 2.26. The number of thiophene rings is 1. The van der Waals surface area contributed by atoms with Gasteiger partial charge in [-0.15, -0.1) is 11.3 Å². The first-order valence-electron chi connectivity index (χ1n) is 8.43. The number of hydrogen-bond acceptors (Lipinski definition) is 5. The smallest absolute Gasteiger partial charge is 0.271 e. The lowest BCUT2D eigenvalue weighted by Crippen LogP contribution is -2.37. The summed E-state index contributed by atoms with van der Waals surface area (Å²) in [7, 11) is 0. The van der Waals surface area contributed by atoms with E-state index in [0.29, 0.717) is 12.2 Å². The maximum atomic E-state index is 12.1. The fourth-order valence-electron chi connectivity index (χ4n) is 2.72. The highest BCUT2D eigenvalue weighted by atomic mass is 32.1. The van der Waals surface area contributed by atoms with Gasteiger partial charge in [0.25, 0.3) is 5.91 Å². The SMILES string of the molecule is Cc1ccc(-c2cc(C(=O)NCCCCN3CCOCC3)n[nH]2)s1. The van der Waals surface area contributed by atoms with Crippen molar-refractivity contribution in [3.8, 4) is 10.6 Å². The number of H-pyrrole nitrogens is 1. The number of amides is 1. The van der Waals surface area contributed by atoms with Gasteiger partial charge in [0, 0.05) is 24.5 Å². The number of nitrogens with zero attached hydrogens (tertiary/aromatic N) is 2. The third kappa shape index (κ3) is 4.66. The molecule has 1 aliphatic rings. The Balaban J connectivity index is 1.38. The van der Waals surface area contributed by atoms with Crippen LogP contribution in [0.25, 0.3) is 10.6 Å². The van der Waals surface area contributed by atoms with Crippen molar-refractivity contribution in [2.24, 2.45) is 0 Å². The Morgan fingerprint density at radius 1 is 1.38 bits per heavy atom. The van der Waals surface area contributed by atoms with Crippen LogP contribution in [0.2, 0.25) is 0 Å². The summed E-state index contributed by atoms with van der Waals surface area (Å²) < 4.78 is 5.34. The van der Waals surface area contributed by atoms with E-state index in [1.54, 1.807) is 11.3 Å². The summed E-state index contributed by atoms with van der Waals surface area (Å²) in [5.41, 5.74) is 1.34. The molecule has 0 bridgehead atoms. The van der Waals surface area contributed by atoms with Gasteiger partial charge in [0.1, 0.15) is 0 Å². The zero-order valence-electron chi connectivity index (χ0n) is 14.0. The molecule has 0 atom stereocenters. The van der Waals surface area contributed by atoms with Gasteiger partial charge in [-0.1, -0.05) is 0 Å². The molecule has 24 heavy (non-hydrogen) atoms. The van der Waals surface area contributed by atoms with E-state index in [9.17, 15) is 4.79 Å². The summed E-state index contributed by atoms with van der Waals surface area (Å²) >= 11 is 1.69. The molecule has 2 N–H and O–H groups in total. The summed E-state index contributed by atoms with van der Waals surface area (Å²) in [4.78, 5) is 16.9. The molecule has 0 radical (unpaired) electrons. The Morgan fingerprint density at radius 2 is 2.21 bits per heavy atom. The van der Waals surface area contributed by atoms with Crippen LogP contribution < -0.4 is 5.32 Å². The van der Waals surface area contributed by atoms with E-state index in [0.717, 1.165) is 56.3 Å². The molecule has 1 amide bonds. The quantitative estimate of drug-likeness (QED) is 0.753. The third-order valence-electron chi connectivity index (χ3n) is 4.11. The number of rotatable bonds is 7. The molecule has 1 saturated heterocycles. The molecule has 0 aromatic carbocycles. The predicted octanol–water partition coefficient (Wildman–Crippen LogP) is 2.29. The Hall–Kier alpha value is -1.70. The van der Waals surface area contributed by atoms with Crippen molar-refractivity contribution < 1.29 is 9.53 Å². The van der Waals surface area contributed by atoms with Crippen LogP contribution in [0.1, 0.15) is 28.2 Å². The number of carbonyl (C=O) groups is 1. The first-order chi connectivity index (χ1) is 11.7. The highest BCUT2D eigenvalue weighted by molar-refractivity contribution is 7.15. The lowest BCUT2D eigenvalue weighted by Gasteiger charge is -2.26. The Kier molecular flexibility index (Phi) is 6.01. The van der Waals surface area contributed by atoms with E-state index < -0.39 is 0 Å². The second kappa shape index (κ2) is 8.41. The molecule has 3 rings (SSSR count). The van der Waals surface area contributed by atoms with Gasteiger partial charge in [-0.05, 0) is 44.5 Å². The molecule has 0 unspecified atom stereocenters. The second-order valence-corrected chi connectivity index (χ2v) is 7.28. The number of unbranched alkanes of at least 4 members (excludes halogenated alkanes) is 1. The van der Waals surface area contributed by atoms with E-state index in [2.05, 4.69) is 33.4 Å². The predicted molar refractivity (Wildman–Crippen MR) is 95.5 cm³/mol. The van der Waals surface area contributed by atoms with E-state index >= 15 is 0 Å². The van der Waals surface area contributed by atoms with Gasteiger partial charge in [-0.2, -0.15) is 5.10 Å². The number of aromatic nitrogens is 2. The van der Waals surface area contributed by atoms with E-state index in [1.165, 1.54) is 4.88 Å². The van der Waals surface area contributed by atoms with Crippen molar-refractivity contribution in [2.75, 3.05) is 39.4 Å². The minimum atomic E-state index is -0.114. The molecule has 6 nitrogen and oxygen atoms in total. The fourth-order valence-corrected chi connectivity index (χ4v) is 3.55. The van der Waals surface area contributed by atoms with Gasteiger partial charge in [-0.25, -0.2) is 0 Å². The van der Waals surface area contributed by atoms with Gasteiger partial charge >= 0.3 is 0 Å². The van der Waals surface area contributed by atoms with Crippen molar-refractivity contribution in [3.63, 3.8) is 0 Å². The van der Waals surface area contributed by atoms with Crippen molar-refractivity contribution in [1.29, 1.82) is 0 Å². The van der Waals surface area contributed by atoms with Gasteiger partial charge in [-0.3, -0.25) is 14.8 Å². The minimum absolute atomic E-state index is 0.114. The largest absolute Gasteiger partial charge is 0.379 e. The van der Waals surface area contributed by atoms with E-state index in [4.69, 9.17) is 4.74 Å². The van der Waals surface area contributed by atoms with Crippen LogP contribution in [-0.4, -0.2) is 60.4 Å². The van der Waals surface area contributed by atoms with Gasteiger partial charge in [0.2, 0.25) is 0 Å². The maximum Gasteiger partial charge on any atom is 0.271 e. The summed E-state index contributed by atoms with van der Waals surface area (Å²) in [6, 6.07) is 5.92. The van der Waals surface area contributed by atoms with Gasteiger partial charge < -0.3 is 10.1 Å². The minimum Gasteiger partial charge on any atom is -0.379 e. The highest BCUT2D eigenvalue weighted by Gasteiger charge is 2.12. The van der Waals surface area contributed by atoms with Crippen LogP contribution in [0.5, 0.6) is 0 Å². The normalized spacial score (nSPS) is 15.5.